The fourth-order valence-electron chi connectivity index (χ4n) is 3.26. The molecule has 9 heteroatoms. The van der Waals surface area contributed by atoms with Gasteiger partial charge in [0.1, 0.15) is 11.8 Å². The summed E-state index contributed by atoms with van der Waals surface area (Å²) in [7, 11) is -3.88. The molecule has 3 aromatic carbocycles. The molecule has 0 fully saturated rings. The summed E-state index contributed by atoms with van der Waals surface area (Å²) in [5, 5.41) is 3.96. The van der Waals surface area contributed by atoms with Gasteiger partial charge >= 0.3 is 5.97 Å². The molecule has 0 aliphatic carbocycles. The molecule has 188 valence electrons. The topological polar surface area (TPSA) is 114 Å². The van der Waals surface area contributed by atoms with Gasteiger partial charge in [-0.2, -0.15) is 9.82 Å². The van der Waals surface area contributed by atoms with E-state index < -0.39 is 27.9 Å². The van der Waals surface area contributed by atoms with Gasteiger partial charge in [-0.05, 0) is 73.4 Å². The highest BCUT2D eigenvalue weighted by molar-refractivity contribution is 7.89. The van der Waals surface area contributed by atoms with Crippen LogP contribution in [0.25, 0.3) is 0 Å². The number of hydrogen-bond donors (Lipinski definition) is 2. The van der Waals surface area contributed by atoms with Gasteiger partial charge in [-0.15, -0.1) is 0 Å². The van der Waals surface area contributed by atoms with Gasteiger partial charge in [-0.3, -0.25) is 4.79 Å². The number of nitrogens with zero attached hydrogens (tertiary/aromatic N) is 1. The quantitative estimate of drug-likeness (QED) is 0.186. The molecule has 0 aliphatic rings. The highest BCUT2D eigenvalue weighted by Crippen LogP contribution is 2.15. The summed E-state index contributed by atoms with van der Waals surface area (Å²) in [6.07, 6.45) is 1.72. The van der Waals surface area contributed by atoms with Crippen molar-refractivity contribution in [3.8, 4) is 5.75 Å². The third-order valence-electron chi connectivity index (χ3n) is 5.14. The van der Waals surface area contributed by atoms with Crippen molar-refractivity contribution in [3.63, 3.8) is 0 Å². The monoisotopic (exact) mass is 507 g/mol. The number of carbonyl (C=O) groups is 2. The molecular weight excluding hydrogens is 478 g/mol. The Labute approximate surface area is 211 Å². The van der Waals surface area contributed by atoms with Crippen molar-refractivity contribution >= 4 is 28.1 Å². The summed E-state index contributed by atoms with van der Waals surface area (Å²) >= 11 is 0. The van der Waals surface area contributed by atoms with Crippen molar-refractivity contribution in [2.45, 2.75) is 38.1 Å². The Bertz CT molecular complexity index is 1300. The van der Waals surface area contributed by atoms with Crippen LogP contribution in [0, 0.1) is 12.8 Å². The van der Waals surface area contributed by atoms with Crippen LogP contribution in [-0.4, -0.2) is 32.6 Å². The number of nitrogens with one attached hydrogen (secondary N) is 2. The maximum absolute atomic E-state index is 12.8. The molecule has 2 N–H and O–H groups in total. The number of hydrogen-bond acceptors (Lipinski definition) is 6. The van der Waals surface area contributed by atoms with Gasteiger partial charge in [0, 0.05) is 0 Å². The van der Waals surface area contributed by atoms with E-state index in [-0.39, 0.29) is 10.8 Å². The number of sulfonamides is 1. The highest BCUT2D eigenvalue weighted by Gasteiger charge is 2.26. The zero-order valence-electron chi connectivity index (χ0n) is 20.3. The molecule has 0 radical (unpaired) electrons. The number of ether oxygens (including phenoxy) is 1. The highest BCUT2D eigenvalue weighted by atomic mass is 32.2. The smallest absolute Gasteiger partial charge is 0.343 e. The molecule has 0 saturated carbocycles. The number of benzene rings is 3. The SMILES string of the molecule is Cc1ccc(S(=O)(=O)N[C@@H](CC(C)C)C(=O)N/N=C\c2ccc(OC(=O)c3ccccc3)cc2)cc1. The van der Waals surface area contributed by atoms with Crippen LogP contribution in [0.1, 0.15) is 41.8 Å². The minimum absolute atomic E-state index is 0.0663. The van der Waals surface area contributed by atoms with E-state index in [4.69, 9.17) is 4.74 Å². The predicted molar refractivity (Wildman–Crippen MR) is 138 cm³/mol. The van der Waals surface area contributed by atoms with Gasteiger partial charge < -0.3 is 4.74 Å². The fourth-order valence-corrected chi connectivity index (χ4v) is 4.47. The molecule has 0 spiro atoms. The van der Waals surface area contributed by atoms with Crippen molar-refractivity contribution in [1.29, 1.82) is 0 Å². The van der Waals surface area contributed by atoms with E-state index in [0.717, 1.165) is 5.56 Å². The second kappa shape index (κ2) is 12.2. The molecule has 8 nitrogen and oxygen atoms in total. The van der Waals surface area contributed by atoms with E-state index in [0.29, 0.717) is 23.3 Å². The van der Waals surface area contributed by atoms with Crippen molar-refractivity contribution in [1.82, 2.24) is 10.1 Å². The number of carbonyl (C=O) groups excluding carboxylic acids is 2. The van der Waals surface area contributed by atoms with Crippen LogP contribution < -0.4 is 14.9 Å². The number of amides is 1. The van der Waals surface area contributed by atoms with E-state index in [1.54, 1.807) is 60.7 Å². The Morgan fingerprint density at radius 1 is 0.944 bits per heavy atom. The number of rotatable bonds is 10. The molecule has 0 unspecified atom stereocenters. The minimum Gasteiger partial charge on any atom is -0.423 e. The second-order valence-electron chi connectivity index (χ2n) is 8.68. The summed E-state index contributed by atoms with van der Waals surface area (Å²) in [6, 6.07) is 20.6. The lowest BCUT2D eigenvalue weighted by Gasteiger charge is -2.19. The van der Waals surface area contributed by atoms with E-state index in [1.165, 1.54) is 18.3 Å². The van der Waals surface area contributed by atoms with Gasteiger partial charge in [-0.1, -0.05) is 49.7 Å². The van der Waals surface area contributed by atoms with Gasteiger partial charge in [-0.25, -0.2) is 18.6 Å². The number of hydrazone groups is 1. The Kier molecular flexibility index (Phi) is 9.10. The Balaban J connectivity index is 1.61. The lowest BCUT2D eigenvalue weighted by molar-refractivity contribution is -0.123. The molecule has 0 saturated heterocycles. The van der Waals surface area contributed by atoms with Crippen LogP contribution in [0.4, 0.5) is 0 Å². The first kappa shape index (κ1) is 26.8. The average Bonchev–Trinajstić information content (AvgIpc) is 2.85. The van der Waals surface area contributed by atoms with E-state index in [9.17, 15) is 18.0 Å². The minimum atomic E-state index is -3.88. The third-order valence-corrected chi connectivity index (χ3v) is 6.63. The third kappa shape index (κ3) is 7.86. The second-order valence-corrected chi connectivity index (χ2v) is 10.4. The lowest BCUT2D eigenvalue weighted by atomic mass is 10.0. The summed E-state index contributed by atoms with van der Waals surface area (Å²) in [5.41, 5.74) is 4.43. The van der Waals surface area contributed by atoms with Crippen LogP contribution in [0.5, 0.6) is 5.75 Å². The summed E-state index contributed by atoms with van der Waals surface area (Å²) in [4.78, 5) is 25.0. The summed E-state index contributed by atoms with van der Waals surface area (Å²) in [6.45, 7) is 5.66. The Morgan fingerprint density at radius 3 is 2.19 bits per heavy atom. The molecule has 0 bridgehead atoms. The molecule has 0 aliphatic heterocycles. The van der Waals surface area contributed by atoms with Crippen molar-refractivity contribution in [3.05, 3.63) is 95.6 Å². The number of aryl methyl sites for hydroxylation is 1. The van der Waals surface area contributed by atoms with E-state index in [1.807, 2.05) is 26.8 Å². The maximum atomic E-state index is 12.8. The van der Waals surface area contributed by atoms with Crippen LogP contribution in [-0.2, 0) is 14.8 Å². The zero-order valence-corrected chi connectivity index (χ0v) is 21.2. The van der Waals surface area contributed by atoms with Crippen LogP contribution in [0.2, 0.25) is 0 Å². The lowest BCUT2D eigenvalue weighted by Crippen LogP contribution is -2.46. The summed E-state index contributed by atoms with van der Waals surface area (Å²) in [5.74, 6) is -0.596. The Hall–Kier alpha value is -3.82. The van der Waals surface area contributed by atoms with Crippen LogP contribution in [0.15, 0.2) is 88.9 Å². The molecule has 1 atom stereocenters. The Morgan fingerprint density at radius 2 is 1.58 bits per heavy atom. The first-order valence-electron chi connectivity index (χ1n) is 11.4. The first-order valence-corrected chi connectivity index (χ1v) is 12.9. The molecule has 0 aromatic heterocycles. The molecule has 3 rings (SSSR count). The first-order chi connectivity index (χ1) is 17.1. The number of esters is 1. The molecule has 1 amide bonds. The summed E-state index contributed by atoms with van der Waals surface area (Å²) < 4.78 is 33.4. The van der Waals surface area contributed by atoms with Crippen LogP contribution >= 0.6 is 0 Å². The van der Waals surface area contributed by atoms with Gasteiger partial charge in [0.2, 0.25) is 10.0 Å². The maximum Gasteiger partial charge on any atom is 0.343 e. The zero-order chi connectivity index (χ0) is 26.1. The normalized spacial score (nSPS) is 12.4. The van der Waals surface area contributed by atoms with Gasteiger partial charge in [0.15, 0.2) is 0 Å². The van der Waals surface area contributed by atoms with Crippen molar-refractivity contribution in [2.24, 2.45) is 11.0 Å². The van der Waals surface area contributed by atoms with Crippen LogP contribution in [0.3, 0.4) is 0 Å². The average molecular weight is 508 g/mol. The predicted octanol–water partition coefficient (Wildman–Crippen LogP) is 4.06. The molecule has 0 heterocycles. The largest absolute Gasteiger partial charge is 0.423 e. The van der Waals surface area contributed by atoms with Gasteiger partial charge in [0.05, 0.1) is 16.7 Å². The van der Waals surface area contributed by atoms with Gasteiger partial charge in [0.25, 0.3) is 5.91 Å². The standard InChI is InChI=1S/C27H29N3O5S/c1-19(2)17-25(30-36(33,34)24-15-9-20(3)10-16-24)26(31)29-28-18-21-11-13-23(14-12-21)35-27(32)22-7-5-4-6-8-22/h4-16,18-19,25,30H,17H2,1-3H3,(H,29,31)/b28-18-/t25-/m0/s1. The molecular formula is C27H29N3O5S. The van der Waals surface area contributed by atoms with E-state index in [2.05, 4.69) is 15.2 Å². The van der Waals surface area contributed by atoms with Crippen molar-refractivity contribution in [2.75, 3.05) is 0 Å². The van der Waals surface area contributed by atoms with E-state index >= 15 is 0 Å². The molecule has 36 heavy (non-hydrogen) atoms. The van der Waals surface area contributed by atoms with Crippen molar-refractivity contribution < 1.29 is 22.7 Å². The fraction of sp³-hybridized carbons (Fsp3) is 0.222. The molecule has 3 aromatic rings.